The molecule has 0 unspecified atom stereocenters. The first kappa shape index (κ1) is 14.9. The predicted molar refractivity (Wildman–Crippen MR) is 79.9 cm³/mol. The summed E-state index contributed by atoms with van der Waals surface area (Å²) in [6.07, 6.45) is 0. The van der Waals surface area contributed by atoms with E-state index in [1.165, 1.54) is 34.4 Å². The van der Waals surface area contributed by atoms with Gasteiger partial charge in [0.25, 0.3) is 0 Å². The van der Waals surface area contributed by atoms with Gasteiger partial charge >= 0.3 is 12.0 Å². The van der Waals surface area contributed by atoms with Crippen molar-refractivity contribution in [1.82, 2.24) is 4.90 Å². The van der Waals surface area contributed by atoms with Crippen LogP contribution in [0.4, 0.5) is 10.5 Å². The van der Waals surface area contributed by atoms with E-state index in [0.717, 1.165) is 4.88 Å². The van der Waals surface area contributed by atoms with Crippen molar-refractivity contribution in [3.05, 3.63) is 46.2 Å². The SMILES string of the molecule is CN(Cc1cccs1)C(=O)Nc1cccc(C(=O)O)c1O. The van der Waals surface area contributed by atoms with E-state index >= 15 is 0 Å². The molecule has 3 N–H and O–H groups in total. The molecule has 1 aromatic heterocycles. The van der Waals surface area contributed by atoms with E-state index in [-0.39, 0.29) is 11.3 Å². The van der Waals surface area contributed by atoms with Crippen LogP contribution < -0.4 is 5.32 Å². The average molecular weight is 306 g/mol. The fourth-order valence-corrected chi connectivity index (χ4v) is 2.49. The molecule has 0 aliphatic rings. The van der Waals surface area contributed by atoms with Crippen LogP contribution in [0.1, 0.15) is 15.2 Å². The summed E-state index contributed by atoms with van der Waals surface area (Å²) < 4.78 is 0. The summed E-state index contributed by atoms with van der Waals surface area (Å²) in [6.45, 7) is 0.433. The second-order valence-corrected chi connectivity index (χ2v) is 5.40. The fraction of sp³-hybridized carbons (Fsp3) is 0.143. The van der Waals surface area contributed by atoms with Crippen LogP contribution in [0.5, 0.6) is 5.75 Å². The third-order valence-electron chi connectivity index (χ3n) is 2.83. The molecule has 6 nitrogen and oxygen atoms in total. The Labute approximate surface area is 125 Å². The number of aromatic carboxylic acids is 1. The van der Waals surface area contributed by atoms with Crippen LogP contribution in [0, 0.1) is 0 Å². The summed E-state index contributed by atoms with van der Waals surface area (Å²) in [4.78, 5) is 25.4. The lowest BCUT2D eigenvalue weighted by Crippen LogP contribution is -2.30. The van der Waals surface area contributed by atoms with Crippen molar-refractivity contribution < 1.29 is 19.8 Å². The number of aromatic hydroxyl groups is 1. The highest BCUT2D eigenvalue weighted by Crippen LogP contribution is 2.27. The van der Waals surface area contributed by atoms with E-state index in [1.807, 2.05) is 17.5 Å². The number of carboxylic acids is 1. The highest BCUT2D eigenvalue weighted by atomic mass is 32.1. The third kappa shape index (κ3) is 3.51. The van der Waals surface area contributed by atoms with Gasteiger partial charge < -0.3 is 20.4 Å². The first-order chi connectivity index (χ1) is 9.99. The van der Waals surface area contributed by atoms with Crippen LogP contribution in [-0.2, 0) is 6.54 Å². The summed E-state index contributed by atoms with van der Waals surface area (Å²) in [6, 6.07) is 7.55. The Morgan fingerprint density at radius 1 is 1.29 bits per heavy atom. The largest absolute Gasteiger partial charge is 0.505 e. The van der Waals surface area contributed by atoms with Crippen molar-refractivity contribution in [1.29, 1.82) is 0 Å². The van der Waals surface area contributed by atoms with Gasteiger partial charge in [-0.3, -0.25) is 0 Å². The minimum Gasteiger partial charge on any atom is -0.505 e. The number of nitrogens with zero attached hydrogens (tertiary/aromatic N) is 1. The highest BCUT2D eigenvalue weighted by Gasteiger charge is 2.16. The van der Waals surface area contributed by atoms with Crippen molar-refractivity contribution in [2.45, 2.75) is 6.54 Å². The zero-order valence-electron chi connectivity index (χ0n) is 11.2. The Morgan fingerprint density at radius 2 is 2.05 bits per heavy atom. The second-order valence-electron chi connectivity index (χ2n) is 4.37. The molecule has 110 valence electrons. The zero-order valence-corrected chi connectivity index (χ0v) is 12.1. The summed E-state index contributed by atoms with van der Waals surface area (Å²) in [5.74, 6) is -1.71. The lowest BCUT2D eigenvalue weighted by Gasteiger charge is -2.18. The molecular formula is C14H14N2O4S. The molecule has 0 radical (unpaired) electrons. The number of rotatable bonds is 4. The van der Waals surface area contributed by atoms with E-state index in [9.17, 15) is 14.7 Å². The van der Waals surface area contributed by atoms with Gasteiger partial charge in [-0.2, -0.15) is 0 Å². The zero-order chi connectivity index (χ0) is 15.4. The number of hydrogen-bond acceptors (Lipinski definition) is 4. The molecule has 0 saturated carbocycles. The highest BCUT2D eigenvalue weighted by molar-refractivity contribution is 7.09. The van der Waals surface area contributed by atoms with Crippen molar-refractivity contribution in [3.63, 3.8) is 0 Å². The van der Waals surface area contributed by atoms with E-state index in [2.05, 4.69) is 5.32 Å². The third-order valence-corrected chi connectivity index (χ3v) is 3.69. The average Bonchev–Trinajstić information content (AvgIpc) is 2.93. The van der Waals surface area contributed by atoms with Crippen LogP contribution in [0.25, 0.3) is 0 Å². The number of carbonyl (C=O) groups excluding carboxylic acids is 1. The molecule has 1 aromatic carbocycles. The van der Waals surface area contributed by atoms with E-state index in [1.54, 1.807) is 7.05 Å². The maximum atomic E-state index is 12.0. The van der Waals surface area contributed by atoms with Gasteiger partial charge in [0, 0.05) is 11.9 Å². The Bertz CT molecular complexity index is 655. The molecule has 2 amide bonds. The molecule has 1 heterocycles. The molecule has 0 saturated heterocycles. The minimum absolute atomic E-state index is 0.0675. The summed E-state index contributed by atoms with van der Waals surface area (Å²) >= 11 is 1.54. The van der Waals surface area contributed by atoms with E-state index in [0.29, 0.717) is 6.54 Å². The van der Waals surface area contributed by atoms with Crippen LogP contribution >= 0.6 is 11.3 Å². The number of amides is 2. The van der Waals surface area contributed by atoms with Crippen molar-refractivity contribution >= 4 is 29.0 Å². The first-order valence-electron chi connectivity index (χ1n) is 6.09. The van der Waals surface area contributed by atoms with Crippen molar-refractivity contribution in [3.8, 4) is 5.75 Å². The monoisotopic (exact) mass is 306 g/mol. The van der Waals surface area contributed by atoms with Gasteiger partial charge in [-0.1, -0.05) is 12.1 Å². The Balaban J connectivity index is 2.09. The Hall–Kier alpha value is -2.54. The molecule has 0 spiro atoms. The lowest BCUT2D eigenvalue weighted by atomic mass is 10.1. The van der Waals surface area contributed by atoms with Gasteiger partial charge in [-0.05, 0) is 23.6 Å². The number of thiophene rings is 1. The van der Waals surface area contributed by atoms with Crippen molar-refractivity contribution in [2.24, 2.45) is 0 Å². The molecule has 0 atom stereocenters. The van der Waals surface area contributed by atoms with Crippen LogP contribution in [0.2, 0.25) is 0 Å². The van der Waals surface area contributed by atoms with E-state index < -0.39 is 17.7 Å². The molecular weight excluding hydrogens is 292 g/mol. The maximum Gasteiger partial charge on any atom is 0.339 e. The van der Waals surface area contributed by atoms with Gasteiger partial charge in [-0.25, -0.2) is 9.59 Å². The Morgan fingerprint density at radius 3 is 2.67 bits per heavy atom. The maximum absolute atomic E-state index is 12.0. The molecule has 0 fully saturated rings. The van der Waals surface area contributed by atoms with E-state index in [4.69, 9.17) is 5.11 Å². The molecule has 0 aliphatic heterocycles. The molecule has 2 aromatic rings. The van der Waals surface area contributed by atoms with Gasteiger partial charge in [0.1, 0.15) is 5.56 Å². The quantitative estimate of drug-likeness (QED) is 0.758. The van der Waals surface area contributed by atoms with Crippen molar-refractivity contribution in [2.75, 3.05) is 12.4 Å². The molecule has 0 aliphatic carbocycles. The number of hydrogen-bond donors (Lipinski definition) is 3. The number of urea groups is 1. The molecule has 21 heavy (non-hydrogen) atoms. The first-order valence-corrected chi connectivity index (χ1v) is 6.96. The Kier molecular flexibility index (Phi) is 4.44. The second kappa shape index (κ2) is 6.27. The smallest absolute Gasteiger partial charge is 0.339 e. The number of para-hydroxylation sites is 1. The van der Waals surface area contributed by atoms with Crippen LogP contribution in [0.3, 0.4) is 0 Å². The normalized spacial score (nSPS) is 10.1. The number of phenols is 1. The predicted octanol–water partition coefficient (Wildman–Crippen LogP) is 2.82. The number of benzene rings is 1. The topological polar surface area (TPSA) is 89.9 Å². The van der Waals surface area contributed by atoms with Gasteiger partial charge in [-0.15, -0.1) is 11.3 Å². The molecule has 0 bridgehead atoms. The summed E-state index contributed by atoms with van der Waals surface area (Å²) in [7, 11) is 1.62. The van der Waals surface area contributed by atoms with Gasteiger partial charge in [0.05, 0.1) is 12.2 Å². The number of carboxylic acid groups (broad SMARTS) is 1. The number of nitrogens with one attached hydrogen (secondary N) is 1. The van der Waals surface area contributed by atoms with Crippen LogP contribution in [0.15, 0.2) is 35.7 Å². The standard InChI is InChI=1S/C14H14N2O4S/c1-16(8-9-4-3-7-21-9)14(20)15-11-6-2-5-10(12(11)17)13(18)19/h2-7,17H,8H2,1H3,(H,15,20)(H,18,19). The lowest BCUT2D eigenvalue weighted by molar-refractivity contribution is 0.0693. The summed E-state index contributed by atoms with van der Waals surface area (Å²) in [5, 5.41) is 23.2. The summed E-state index contributed by atoms with van der Waals surface area (Å²) in [5.41, 5.74) is -0.188. The fourth-order valence-electron chi connectivity index (χ4n) is 1.74. The van der Waals surface area contributed by atoms with Crippen LogP contribution in [-0.4, -0.2) is 34.2 Å². The molecule has 2 rings (SSSR count). The number of carbonyl (C=O) groups is 2. The van der Waals surface area contributed by atoms with Gasteiger partial charge in [0.15, 0.2) is 5.75 Å². The number of anilines is 1. The molecule has 7 heteroatoms. The minimum atomic E-state index is -1.25. The van der Waals surface area contributed by atoms with Gasteiger partial charge in [0.2, 0.25) is 0 Å².